The highest BCUT2D eigenvalue weighted by Crippen LogP contribution is 2.37. The van der Waals surface area contributed by atoms with Gasteiger partial charge in [0.05, 0.1) is 6.61 Å². The Labute approximate surface area is 112 Å². The molecule has 6 nitrogen and oxygen atoms in total. The normalized spacial score (nSPS) is 47.6. The van der Waals surface area contributed by atoms with E-state index in [1.165, 1.54) is 0 Å². The Hall–Kier alpha value is -0.665. The van der Waals surface area contributed by atoms with Crippen LogP contribution in [0.2, 0.25) is 0 Å². The van der Waals surface area contributed by atoms with E-state index in [1.807, 2.05) is 0 Å². The number of rotatable bonds is 0. The van der Waals surface area contributed by atoms with Crippen molar-refractivity contribution in [2.24, 2.45) is 0 Å². The van der Waals surface area contributed by atoms with Crippen LogP contribution in [0.15, 0.2) is 0 Å². The van der Waals surface area contributed by atoms with Crippen molar-refractivity contribution in [3.05, 3.63) is 0 Å². The first kappa shape index (κ1) is 12.4. The largest absolute Gasteiger partial charge is 0.354 e. The maximum atomic E-state index is 13.5. The van der Waals surface area contributed by atoms with Crippen molar-refractivity contribution in [2.75, 3.05) is 6.61 Å². The molecule has 96 valence electrons. The van der Waals surface area contributed by atoms with Crippen LogP contribution >= 0.6 is 15.9 Å². The number of nitrogens with zero attached hydrogens (tertiary/aromatic N) is 1. The Bertz CT molecular complexity index is 423. The molecule has 18 heavy (non-hydrogen) atoms. The molecule has 0 spiro atoms. The van der Waals surface area contributed by atoms with Gasteiger partial charge in [-0.05, 0) is 0 Å². The van der Waals surface area contributed by atoms with Crippen LogP contribution in [0.5, 0.6) is 0 Å². The SMILES string of the molecule is [B]C1(Br)C(=O)NC(=O)N2C3CC(F)C(COC21)O3. The van der Waals surface area contributed by atoms with Crippen molar-refractivity contribution >= 4 is 35.7 Å². The second-order valence-corrected chi connectivity index (χ2v) is 5.81. The number of nitrogens with one attached hydrogen (secondary N) is 1. The minimum absolute atomic E-state index is 0.0508. The predicted molar refractivity (Wildman–Crippen MR) is 60.7 cm³/mol. The Morgan fingerprint density at radius 2 is 2.28 bits per heavy atom. The number of imide groups is 1. The van der Waals surface area contributed by atoms with Gasteiger partial charge in [-0.25, -0.2) is 9.18 Å². The maximum absolute atomic E-state index is 13.5. The second-order valence-electron chi connectivity index (χ2n) is 4.50. The minimum atomic E-state index is -1.57. The van der Waals surface area contributed by atoms with Crippen molar-refractivity contribution in [1.82, 2.24) is 10.2 Å². The number of hydrogen-bond donors (Lipinski definition) is 1. The molecule has 0 aliphatic carbocycles. The van der Waals surface area contributed by atoms with Crippen LogP contribution in [0.1, 0.15) is 6.42 Å². The van der Waals surface area contributed by atoms with Gasteiger partial charge in [0.15, 0.2) is 6.23 Å². The lowest BCUT2D eigenvalue weighted by Gasteiger charge is -2.44. The first-order valence-corrected chi connectivity index (χ1v) is 6.23. The van der Waals surface area contributed by atoms with Crippen LogP contribution in [0.4, 0.5) is 9.18 Å². The number of fused-ring (bicyclic) bond motifs is 4. The molecule has 9 heteroatoms. The van der Waals surface area contributed by atoms with Crippen molar-refractivity contribution in [1.29, 1.82) is 0 Å². The van der Waals surface area contributed by atoms with E-state index in [0.29, 0.717) is 0 Å². The van der Waals surface area contributed by atoms with Gasteiger partial charge in [-0.3, -0.25) is 15.0 Å². The highest BCUT2D eigenvalue weighted by Gasteiger charge is 2.56. The standard InChI is InChI=1S/C9H9BBrFN2O4/c10-9(11)6(15)13-8(16)14-5-1-3(12)4(18-5)2-17-7(9)14/h3-5,7H,1-2H2,(H,13,15,16). The van der Waals surface area contributed by atoms with E-state index < -0.39 is 40.9 Å². The number of urea groups is 1. The van der Waals surface area contributed by atoms with Crippen LogP contribution in [-0.2, 0) is 14.3 Å². The van der Waals surface area contributed by atoms with Gasteiger partial charge in [-0.1, -0.05) is 15.9 Å². The summed E-state index contributed by atoms with van der Waals surface area (Å²) >= 11 is 3.05. The number of hydrogen-bond acceptors (Lipinski definition) is 4. The van der Waals surface area contributed by atoms with Crippen LogP contribution in [0.3, 0.4) is 0 Å². The number of carbonyl (C=O) groups excluding carboxylic acids is 2. The fourth-order valence-electron chi connectivity index (χ4n) is 2.36. The molecule has 0 saturated carbocycles. The van der Waals surface area contributed by atoms with Gasteiger partial charge >= 0.3 is 6.03 Å². The zero-order valence-corrected chi connectivity index (χ0v) is 10.7. The highest BCUT2D eigenvalue weighted by molar-refractivity contribution is 9.10. The minimum Gasteiger partial charge on any atom is -0.354 e. The summed E-state index contributed by atoms with van der Waals surface area (Å²) in [5, 5.41) is 2.09. The monoisotopic (exact) mass is 318 g/mol. The molecule has 3 aliphatic heterocycles. The summed E-state index contributed by atoms with van der Waals surface area (Å²) in [5.74, 6) is -0.691. The van der Waals surface area contributed by atoms with E-state index in [-0.39, 0.29) is 13.0 Å². The first-order valence-electron chi connectivity index (χ1n) is 5.44. The van der Waals surface area contributed by atoms with Gasteiger partial charge in [0.1, 0.15) is 30.6 Å². The molecule has 3 fully saturated rings. The number of carbonyl (C=O) groups is 2. The van der Waals surface area contributed by atoms with E-state index in [2.05, 4.69) is 21.2 Å². The lowest BCUT2D eigenvalue weighted by Crippen LogP contribution is -2.70. The summed E-state index contributed by atoms with van der Waals surface area (Å²) in [6.07, 6.45) is -3.65. The summed E-state index contributed by atoms with van der Waals surface area (Å²) in [4.78, 5) is 24.6. The highest BCUT2D eigenvalue weighted by atomic mass is 79.9. The Morgan fingerprint density at radius 1 is 1.56 bits per heavy atom. The molecule has 3 amide bonds. The summed E-state index contributed by atoms with van der Waals surface area (Å²) < 4.78 is 22.7. The van der Waals surface area contributed by atoms with Crippen molar-refractivity contribution in [2.45, 2.75) is 35.4 Å². The molecule has 1 N–H and O–H groups in total. The molecule has 5 unspecified atom stereocenters. The average Bonchev–Trinajstić information content (AvgIpc) is 2.52. The molecule has 0 aromatic rings. The fraction of sp³-hybridized carbons (Fsp3) is 0.778. The smallest absolute Gasteiger partial charge is 0.328 e. The zero-order chi connectivity index (χ0) is 13.1. The molecule has 5 atom stereocenters. The summed E-state index contributed by atoms with van der Waals surface area (Å²) in [5.41, 5.74) is 0. The van der Waals surface area contributed by atoms with E-state index >= 15 is 0 Å². The Kier molecular flexibility index (Phi) is 2.69. The van der Waals surface area contributed by atoms with Crippen LogP contribution < -0.4 is 5.32 Å². The molecule has 3 saturated heterocycles. The fourth-order valence-corrected chi connectivity index (χ4v) is 2.81. The predicted octanol–water partition coefficient (Wildman–Crippen LogP) is -0.393. The summed E-state index contributed by atoms with van der Waals surface area (Å²) in [7, 11) is 5.81. The van der Waals surface area contributed by atoms with E-state index in [9.17, 15) is 14.0 Å². The third kappa shape index (κ3) is 1.60. The summed E-state index contributed by atoms with van der Waals surface area (Å²) in [6.45, 7) is -0.0516. The van der Waals surface area contributed by atoms with Crippen LogP contribution in [0.25, 0.3) is 0 Å². The molecule has 2 bridgehead atoms. The van der Waals surface area contributed by atoms with Gasteiger partial charge in [-0.15, -0.1) is 0 Å². The van der Waals surface area contributed by atoms with Crippen molar-refractivity contribution in [3.63, 3.8) is 0 Å². The van der Waals surface area contributed by atoms with E-state index in [4.69, 9.17) is 17.3 Å². The molecule has 0 aromatic carbocycles. The third-order valence-electron chi connectivity index (χ3n) is 3.31. The molecule has 3 aliphatic rings. The first-order chi connectivity index (χ1) is 8.41. The van der Waals surface area contributed by atoms with Crippen LogP contribution in [0, 0.1) is 0 Å². The molecule has 0 aromatic heterocycles. The van der Waals surface area contributed by atoms with Crippen molar-refractivity contribution < 1.29 is 23.5 Å². The van der Waals surface area contributed by atoms with Gasteiger partial charge in [0.25, 0.3) is 0 Å². The Morgan fingerprint density at radius 3 is 3.00 bits per heavy atom. The third-order valence-corrected chi connectivity index (χ3v) is 4.06. The average molecular weight is 319 g/mol. The van der Waals surface area contributed by atoms with E-state index in [0.717, 1.165) is 4.90 Å². The van der Waals surface area contributed by atoms with Gasteiger partial charge in [0.2, 0.25) is 5.91 Å². The Balaban J connectivity index is 1.96. The lowest BCUT2D eigenvalue weighted by atomic mass is 9.82. The number of halogens is 2. The number of amides is 3. The lowest BCUT2D eigenvalue weighted by molar-refractivity contribution is -0.135. The summed E-state index contributed by atoms with van der Waals surface area (Å²) in [6, 6.07) is -0.690. The van der Waals surface area contributed by atoms with Gasteiger partial charge < -0.3 is 9.47 Å². The second kappa shape index (κ2) is 3.91. The molecular formula is C9H9BBrFN2O4. The van der Waals surface area contributed by atoms with Crippen molar-refractivity contribution in [3.8, 4) is 0 Å². The van der Waals surface area contributed by atoms with Gasteiger partial charge in [0, 0.05) is 6.42 Å². The molecule has 3 heterocycles. The van der Waals surface area contributed by atoms with Crippen LogP contribution in [-0.4, -0.2) is 60.2 Å². The number of ether oxygens (including phenoxy) is 2. The molecular weight excluding hydrogens is 310 g/mol. The van der Waals surface area contributed by atoms with E-state index in [1.54, 1.807) is 0 Å². The molecule has 2 radical (unpaired) electrons. The number of alkyl halides is 2. The maximum Gasteiger partial charge on any atom is 0.328 e. The van der Waals surface area contributed by atoms with Gasteiger partial charge in [-0.2, -0.15) is 0 Å². The molecule has 3 rings (SSSR count). The quantitative estimate of drug-likeness (QED) is 0.488. The zero-order valence-electron chi connectivity index (χ0n) is 9.14. The topological polar surface area (TPSA) is 67.9 Å².